The van der Waals surface area contributed by atoms with Crippen molar-refractivity contribution in [3.63, 3.8) is 0 Å². The molecule has 0 aliphatic heterocycles. The number of aromatic nitrogens is 6. The second-order valence-corrected chi connectivity index (χ2v) is 9.93. The molecule has 2 aromatic carbocycles. The largest absolute Gasteiger partial charge is 0.497 e. The minimum atomic E-state index is -0.420. The number of fused-ring (bicyclic) bond motifs is 2. The number of hydrogen-bond acceptors (Lipinski definition) is 6. The van der Waals surface area contributed by atoms with E-state index in [1.54, 1.807) is 24.7 Å². The van der Waals surface area contributed by atoms with Crippen LogP contribution in [0.1, 0.15) is 19.3 Å². The Hall–Kier alpha value is -5.12. The Morgan fingerprint density at radius 1 is 1.00 bits per heavy atom. The lowest BCUT2D eigenvalue weighted by Gasteiger charge is -2.24. The van der Waals surface area contributed by atoms with E-state index in [-0.39, 0.29) is 11.8 Å². The van der Waals surface area contributed by atoms with Crippen LogP contribution in [0.5, 0.6) is 5.75 Å². The van der Waals surface area contributed by atoms with Gasteiger partial charge in [-0.05, 0) is 54.8 Å². The zero-order valence-corrected chi connectivity index (χ0v) is 21.5. The molecule has 0 saturated heterocycles. The number of aromatic amines is 2. The van der Waals surface area contributed by atoms with Crippen molar-refractivity contribution >= 4 is 33.5 Å². The molecule has 1 fully saturated rings. The number of amides is 1. The number of methoxy groups -OCH3 is 1. The number of halogens is 1. The Balaban J connectivity index is 1.26. The molecule has 0 unspecified atom stereocenters. The number of carbonyl (C=O) groups excluding carboxylic acids is 1. The summed E-state index contributed by atoms with van der Waals surface area (Å²) in [5.41, 5.74) is 6.38. The van der Waals surface area contributed by atoms with Crippen molar-refractivity contribution < 1.29 is 13.9 Å². The Kier molecular flexibility index (Phi) is 5.73. The van der Waals surface area contributed by atoms with Crippen LogP contribution >= 0.6 is 0 Å². The third-order valence-electron chi connectivity index (χ3n) is 7.38. The van der Waals surface area contributed by atoms with Gasteiger partial charge in [0, 0.05) is 40.9 Å². The number of H-pyrrole nitrogens is 2. The lowest BCUT2D eigenvalue weighted by molar-refractivity contribution is -0.122. The van der Waals surface area contributed by atoms with Gasteiger partial charge in [-0.25, -0.2) is 9.37 Å². The maximum Gasteiger partial charge on any atom is 0.227 e. The number of anilines is 1. The highest BCUT2D eigenvalue weighted by molar-refractivity contribution is 5.98. The first kappa shape index (κ1) is 24.0. The van der Waals surface area contributed by atoms with Crippen LogP contribution in [-0.2, 0) is 4.79 Å². The molecule has 1 amide bonds. The lowest BCUT2D eigenvalue weighted by Crippen LogP contribution is -2.28. The molecule has 40 heavy (non-hydrogen) atoms. The summed E-state index contributed by atoms with van der Waals surface area (Å²) < 4.78 is 19.5. The third kappa shape index (κ3) is 4.23. The van der Waals surface area contributed by atoms with Gasteiger partial charge in [0.25, 0.3) is 0 Å². The summed E-state index contributed by atoms with van der Waals surface area (Å²) in [5.74, 6) is 0.673. The summed E-state index contributed by atoms with van der Waals surface area (Å²) in [6.07, 6.45) is 8.07. The Morgan fingerprint density at radius 2 is 1.90 bits per heavy atom. The highest BCUT2D eigenvalue weighted by atomic mass is 19.1. The van der Waals surface area contributed by atoms with Gasteiger partial charge in [-0.1, -0.05) is 12.5 Å². The smallest absolute Gasteiger partial charge is 0.227 e. The van der Waals surface area contributed by atoms with E-state index in [1.807, 2.05) is 30.3 Å². The Morgan fingerprint density at radius 3 is 2.73 bits per heavy atom. The molecular weight excluding hydrogens is 509 g/mol. The van der Waals surface area contributed by atoms with E-state index in [1.165, 1.54) is 19.2 Å². The number of nitrogens with zero attached hydrogens (tertiary/aromatic N) is 4. The van der Waals surface area contributed by atoms with Crippen molar-refractivity contribution in [2.45, 2.75) is 19.3 Å². The van der Waals surface area contributed by atoms with E-state index in [9.17, 15) is 9.18 Å². The van der Waals surface area contributed by atoms with E-state index < -0.39 is 5.82 Å². The second-order valence-electron chi connectivity index (χ2n) is 9.93. The highest BCUT2D eigenvalue weighted by Gasteiger charge is 2.25. The van der Waals surface area contributed by atoms with E-state index in [4.69, 9.17) is 9.72 Å². The molecule has 1 aliphatic rings. The lowest BCUT2D eigenvalue weighted by atomic mass is 9.85. The average Bonchev–Trinajstić information content (AvgIpc) is 3.55. The van der Waals surface area contributed by atoms with Gasteiger partial charge in [-0.2, -0.15) is 5.10 Å². The number of nitrogens with one attached hydrogen (secondary N) is 3. The van der Waals surface area contributed by atoms with Crippen molar-refractivity contribution in [1.82, 2.24) is 30.1 Å². The van der Waals surface area contributed by atoms with Gasteiger partial charge < -0.3 is 15.0 Å². The fraction of sp³-hybridized carbons (Fsp3) is 0.167. The quantitative estimate of drug-likeness (QED) is 0.237. The first-order chi connectivity index (χ1) is 19.6. The molecule has 4 heterocycles. The predicted molar refractivity (Wildman–Crippen MR) is 150 cm³/mol. The van der Waals surface area contributed by atoms with Crippen LogP contribution < -0.4 is 10.1 Å². The molecule has 10 heteroatoms. The topological polar surface area (TPSA) is 121 Å². The van der Waals surface area contributed by atoms with Crippen LogP contribution in [0.25, 0.3) is 55.8 Å². The fourth-order valence-electron chi connectivity index (χ4n) is 5.03. The number of ether oxygens (including phenoxy) is 1. The van der Waals surface area contributed by atoms with Crippen molar-refractivity contribution in [3.8, 4) is 39.7 Å². The predicted octanol–water partition coefficient (Wildman–Crippen LogP) is 6.12. The summed E-state index contributed by atoms with van der Waals surface area (Å²) in [6.45, 7) is 0. The zero-order valence-electron chi connectivity index (χ0n) is 21.5. The first-order valence-electron chi connectivity index (χ1n) is 13.0. The molecule has 4 aromatic heterocycles. The van der Waals surface area contributed by atoms with Gasteiger partial charge in [0.15, 0.2) is 5.82 Å². The van der Waals surface area contributed by atoms with E-state index in [0.29, 0.717) is 39.7 Å². The van der Waals surface area contributed by atoms with Gasteiger partial charge in [0.1, 0.15) is 22.8 Å². The number of rotatable bonds is 6. The Bertz CT molecular complexity index is 1910. The summed E-state index contributed by atoms with van der Waals surface area (Å²) >= 11 is 0. The van der Waals surface area contributed by atoms with Gasteiger partial charge in [0.2, 0.25) is 5.91 Å². The van der Waals surface area contributed by atoms with Gasteiger partial charge in [0.05, 0.1) is 35.7 Å². The molecule has 0 spiro atoms. The molecule has 0 radical (unpaired) electrons. The molecule has 7 rings (SSSR count). The van der Waals surface area contributed by atoms with Crippen LogP contribution in [0.4, 0.5) is 10.1 Å². The highest BCUT2D eigenvalue weighted by Crippen LogP contribution is 2.34. The number of imidazole rings is 1. The summed E-state index contributed by atoms with van der Waals surface area (Å²) in [7, 11) is 1.49. The molecule has 1 saturated carbocycles. The molecule has 198 valence electrons. The van der Waals surface area contributed by atoms with E-state index >= 15 is 0 Å². The van der Waals surface area contributed by atoms with Crippen LogP contribution in [-0.4, -0.2) is 43.2 Å². The minimum Gasteiger partial charge on any atom is -0.497 e. The molecule has 0 bridgehead atoms. The fourth-order valence-corrected chi connectivity index (χ4v) is 5.03. The van der Waals surface area contributed by atoms with E-state index in [2.05, 4.69) is 30.5 Å². The summed E-state index contributed by atoms with van der Waals surface area (Å²) in [5, 5.41) is 11.5. The normalized spacial score (nSPS) is 13.4. The molecule has 9 nitrogen and oxygen atoms in total. The third-order valence-corrected chi connectivity index (χ3v) is 7.38. The van der Waals surface area contributed by atoms with Crippen LogP contribution in [0.15, 0.2) is 67.1 Å². The standard InChI is InChI=1S/C30H24FN7O2/c1-40-22-11-18(9-20(31)13-22)26-28-25(7-8-33-26)35-29(36-28)27-23-12-17(5-6-24(23)37-38-27)19-10-21(15-32-14-19)34-30(39)16-3-2-4-16/h5-16H,2-4H2,1H3,(H,34,39)(H,35,36)(H,37,38). The Labute approximate surface area is 227 Å². The number of carbonyl (C=O) groups is 1. The van der Waals surface area contributed by atoms with Crippen molar-refractivity contribution in [2.24, 2.45) is 5.92 Å². The summed E-state index contributed by atoms with van der Waals surface area (Å²) in [4.78, 5) is 29.4. The SMILES string of the molecule is COc1cc(F)cc(-c2nccc3[nH]c(-c4n[nH]c5ccc(-c6cncc(NC(=O)C7CCC7)c6)cc45)nc23)c1. The van der Waals surface area contributed by atoms with Crippen molar-refractivity contribution in [1.29, 1.82) is 0 Å². The van der Waals surface area contributed by atoms with Crippen molar-refractivity contribution in [2.75, 3.05) is 12.4 Å². The summed E-state index contributed by atoms with van der Waals surface area (Å²) in [6, 6.07) is 14.2. The maximum absolute atomic E-state index is 14.2. The van der Waals surface area contributed by atoms with Gasteiger partial charge in [-0.15, -0.1) is 0 Å². The van der Waals surface area contributed by atoms with Crippen LogP contribution in [0.2, 0.25) is 0 Å². The van der Waals surface area contributed by atoms with Gasteiger partial charge >= 0.3 is 0 Å². The van der Waals surface area contributed by atoms with E-state index in [0.717, 1.165) is 46.8 Å². The maximum atomic E-state index is 14.2. The number of benzene rings is 2. The molecule has 6 aromatic rings. The van der Waals surface area contributed by atoms with Crippen LogP contribution in [0, 0.1) is 11.7 Å². The average molecular weight is 534 g/mol. The monoisotopic (exact) mass is 533 g/mol. The molecule has 1 aliphatic carbocycles. The molecule has 0 atom stereocenters. The number of hydrogen-bond donors (Lipinski definition) is 3. The molecule has 3 N–H and O–H groups in total. The van der Waals surface area contributed by atoms with Gasteiger partial charge in [-0.3, -0.25) is 19.9 Å². The first-order valence-corrected chi connectivity index (χ1v) is 13.0. The zero-order chi connectivity index (χ0) is 27.2. The molecular formula is C30H24FN7O2. The second kappa shape index (κ2) is 9.57. The van der Waals surface area contributed by atoms with Crippen LogP contribution in [0.3, 0.4) is 0 Å². The minimum absolute atomic E-state index is 0.0493. The van der Waals surface area contributed by atoms with Crippen molar-refractivity contribution in [3.05, 3.63) is 72.9 Å². The number of pyridine rings is 2.